The molecule has 0 amide bonds. The lowest BCUT2D eigenvalue weighted by Gasteiger charge is -2.17. The van der Waals surface area contributed by atoms with Crippen LogP contribution in [0.1, 0.15) is 32.2 Å². The molecule has 0 unspecified atom stereocenters. The van der Waals surface area contributed by atoms with E-state index in [1.54, 1.807) is 0 Å². The Labute approximate surface area is 79.4 Å². The number of hydrogen-bond donors (Lipinski definition) is 1. The highest BCUT2D eigenvalue weighted by atomic mass is 14.9. The summed E-state index contributed by atoms with van der Waals surface area (Å²) in [5, 5.41) is 0. The molecule has 0 bridgehead atoms. The minimum atomic E-state index is 0.126. The molecular weight excluding hydrogens is 162 g/mol. The first-order valence-corrected chi connectivity index (χ1v) is 4.55. The first-order chi connectivity index (χ1) is 6.04. The highest BCUT2D eigenvalue weighted by Gasteiger charge is 2.13. The monoisotopic (exact) mass is 179 g/mol. The lowest BCUT2D eigenvalue weighted by atomic mass is 9.89. The molecule has 1 heterocycles. The molecule has 72 valence electrons. The number of aromatic nitrogens is 2. The van der Waals surface area contributed by atoms with Crippen LogP contribution in [0.3, 0.4) is 0 Å². The normalized spacial score (nSPS) is 11.7. The fourth-order valence-electron chi connectivity index (χ4n) is 1.00. The Morgan fingerprint density at radius 3 is 2.15 bits per heavy atom. The van der Waals surface area contributed by atoms with Crippen LogP contribution in [0.15, 0.2) is 12.4 Å². The number of nitrogens with two attached hydrogens (primary N) is 1. The Balaban J connectivity index is 2.81. The van der Waals surface area contributed by atoms with Crippen LogP contribution in [0, 0.1) is 0 Å². The summed E-state index contributed by atoms with van der Waals surface area (Å²) in [7, 11) is 0. The fourth-order valence-corrected chi connectivity index (χ4v) is 1.00. The van der Waals surface area contributed by atoms with Crippen LogP contribution >= 0.6 is 0 Å². The highest BCUT2D eigenvalue weighted by molar-refractivity contribution is 5.15. The van der Waals surface area contributed by atoms with Crippen molar-refractivity contribution in [2.24, 2.45) is 5.73 Å². The first kappa shape index (κ1) is 10.1. The molecule has 1 aromatic heterocycles. The SMILES string of the molecule is CC(C)(C)c1cnc(CCN)nc1. The van der Waals surface area contributed by atoms with Gasteiger partial charge in [-0.05, 0) is 17.5 Å². The van der Waals surface area contributed by atoms with Gasteiger partial charge in [-0.2, -0.15) is 0 Å². The van der Waals surface area contributed by atoms with Crippen LogP contribution < -0.4 is 5.73 Å². The van der Waals surface area contributed by atoms with Gasteiger partial charge < -0.3 is 5.73 Å². The zero-order valence-corrected chi connectivity index (χ0v) is 8.54. The van der Waals surface area contributed by atoms with Gasteiger partial charge in [0.05, 0.1) is 0 Å². The molecule has 0 fully saturated rings. The van der Waals surface area contributed by atoms with E-state index in [0.717, 1.165) is 17.8 Å². The quantitative estimate of drug-likeness (QED) is 0.744. The predicted octanol–water partition coefficient (Wildman–Crippen LogP) is 1.28. The van der Waals surface area contributed by atoms with Crippen molar-refractivity contribution in [2.75, 3.05) is 6.54 Å². The molecular formula is C10H17N3. The van der Waals surface area contributed by atoms with Crippen molar-refractivity contribution in [3.8, 4) is 0 Å². The van der Waals surface area contributed by atoms with E-state index in [2.05, 4.69) is 30.7 Å². The second kappa shape index (κ2) is 3.83. The van der Waals surface area contributed by atoms with Crippen molar-refractivity contribution in [2.45, 2.75) is 32.6 Å². The Hall–Kier alpha value is -0.960. The highest BCUT2D eigenvalue weighted by Crippen LogP contribution is 2.19. The maximum absolute atomic E-state index is 5.40. The third-order valence-corrected chi connectivity index (χ3v) is 1.94. The van der Waals surface area contributed by atoms with Crippen LogP contribution in [0.25, 0.3) is 0 Å². The third-order valence-electron chi connectivity index (χ3n) is 1.94. The lowest BCUT2D eigenvalue weighted by Crippen LogP contribution is -2.13. The molecule has 1 aromatic rings. The topological polar surface area (TPSA) is 51.8 Å². The van der Waals surface area contributed by atoms with Crippen molar-refractivity contribution in [1.29, 1.82) is 0 Å². The van der Waals surface area contributed by atoms with E-state index in [9.17, 15) is 0 Å². The molecule has 0 aromatic carbocycles. The summed E-state index contributed by atoms with van der Waals surface area (Å²) in [6.07, 6.45) is 4.53. The first-order valence-electron chi connectivity index (χ1n) is 4.55. The average Bonchev–Trinajstić information content (AvgIpc) is 2.04. The van der Waals surface area contributed by atoms with E-state index in [4.69, 9.17) is 5.73 Å². The van der Waals surface area contributed by atoms with E-state index >= 15 is 0 Å². The minimum absolute atomic E-state index is 0.126. The standard InChI is InChI=1S/C10H17N3/c1-10(2,3)8-6-12-9(4-5-11)13-7-8/h6-7H,4-5,11H2,1-3H3. The van der Waals surface area contributed by atoms with Gasteiger partial charge in [0.1, 0.15) is 5.82 Å². The molecule has 1 rings (SSSR count). The average molecular weight is 179 g/mol. The summed E-state index contributed by atoms with van der Waals surface area (Å²) in [6.45, 7) is 7.05. The molecule has 0 aliphatic carbocycles. The Morgan fingerprint density at radius 2 is 1.77 bits per heavy atom. The summed E-state index contributed by atoms with van der Waals surface area (Å²) in [5.74, 6) is 0.829. The molecule has 13 heavy (non-hydrogen) atoms. The maximum atomic E-state index is 5.40. The van der Waals surface area contributed by atoms with Crippen LogP contribution in [-0.2, 0) is 11.8 Å². The van der Waals surface area contributed by atoms with Crippen molar-refractivity contribution < 1.29 is 0 Å². The van der Waals surface area contributed by atoms with Gasteiger partial charge in [0.25, 0.3) is 0 Å². The zero-order valence-electron chi connectivity index (χ0n) is 8.54. The molecule has 0 spiro atoms. The van der Waals surface area contributed by atoms with Gasteiger partial charge >= 0.3 is 0 Å². The van der Waals surface area contributed by atoms with E-state index in [0.29, 0.717) is 6.54 Å². The van der Waals surface area contributed by atoms with Gasteiger partial charge in [-0.15, -0.1) is 0 Å². The van der Waals surface area contributed by atoms with Crippen molar-refractivity contribution in [3.05, 3.63) is 23.8 Å². The molecule has 0 aliphatic heterocycles. The minimum Gasteiger partial charge on any atom is -0.330 e. The van der Waals surface area contributed by atoms with Gasteiger partial charge in [0.2, 0.25) is 0 Å². The summed E-state index contributed by atoms with van der Waals surface area (Å²) in [4.78, 5) is 8.49. The van der Waals surface area contributed by atoms with E-state index in [1.807, 2.05) is 12.4 Å². The van der Waals surface area contributed by atoms with E-state index in [-0.39, 0.29) is 5.41 Å². The largest absolute Gasteiger partial charge is 0.330 e. The number of nitrogens with zero attached hydrogens (tertiary/aromatic N) is 2. The number of rotatable bonds is 2. The lowest BCUT2D eigenvalue weighted by molar-refractivity contribution is 0.582. The van der Waals surface area contributed by atoms with Gasteiger partial charge in [-0.1, -0.05) is 20.8 Å². The van der Waals surface area contributed by atoms with Crippen LogP contribution in [0.2, 0.25) is 0 Å². The molecule has 0 saturated carbocycles. The summed E-state index contributed by atoms with van der Waals surface area (Å²) < 4.78 is 0. The van der Waals surface area contributed by atoms with Crippen LogP contribution in [0.5, 0.6) is 0 Å². The fraction of sp³-hybridized carbons (Fsp3) is 0.600. The molecule has 0 atom stereocenters. The maximum Gasteiger partial charge on any atom is 0.129 e. The van der Waals surface area contributed by atoms with Gasteiger partial charge in [-0.3, -0.25) is 0 Å². The van der Waals surface area contributed by atoms with Gasteiger partial charge in [0, 0.05) is 18.8 Å². The Bertz CT molecular complexity index is 258. The van der Waals surface area contributed by atoms with Crippen molar-refractivity contribution >= 4 is 0 Å². The van der Waals surface area contributed by atoms with Crippen LogP contribution in [0.4, 0.5) is 0 Å². The summed E-state index contributed by atoms with van der Waals surface area (Å²) in [6, 6.07) is 0. The van der Waals surface area contributed by atoms with Crippen molar-refractivity contribution in [3.63, 3.8) is 0 Å². The Kier molecular flexibility index (Phi) is 2.98. The second-order valence-corrected chi connectivity index (χ2v) is 4.18. The van der Waals surface area contributed by atoms with Crippen molar-refractivity contribution in [1.82, 2.24) is 9.97 Å². The van der Waals surface area contributed by atoms with Crippen LogP contribution in [-0.4, -0.2) is 16.5 Å². The molecule has 0 saturated heterocycles. The molecule has 2 N–H and O–H groups in total. The molecule has 0 radical (unpaired) electrons. The number of hydrogen-bond acceptors (Lipinski definition) is 3. The molecule has 3 heteroatoms. The summed E-state index contributed by atoms with van der Waals surface area (Å²) >= 11 is 0. The summed E-state index contributed by atoms with van der Waals surface area (Å²) in [5.41, 5.74) is 6.69. The van der Waals surface area contributed by atoms with E-state index < -0.39 is 0 Å². The second-order valence-electron chi connectivity index (χ2n) is 4.18. The predicted molar refractivity (Wildman–Crippen MR) is 53.5 cm³/mol. The third kappa shape index (κ3) is 2.77. The zero-order chi connectivity index (χ0) is 9.90. The molecule has 3 nitrogen and oxygen atoms in total. The smallest absolute Gasteiger partial charge is 0.129 e. The van der Waals surface area contributed by atoms with E-state index in [1.165, 1.54) is 0 Å². The Morgan fingerprint density at radius 1 is 1.23 bits per heavy atom. The van der Waals surface area contributed by atoms with Gasteiger partial charge in [-0.25, -0.2) is 9.97 Å². The van der Waals surface area contributed by atoms with Gasteiger partial charge in [0.15, 0.2) is 0 Å². The molecule has 0 aliphatic rings.